The summed E-state index contributed by atoms with van der Waals surface area (Å²) in [5, 5.41) is 2.73. The van der Waals surface area contributed by atoms with Crippen LogP contribution < -0.4 is 16.6 Å². The van der Waals surface area contributed by atoms with Crippen LogP contribution in [-0.2, 0) is 0 Å². The van der Waals surface area contributed by atoms with Crippen LogP contribution in [0.5, 0.6) is 0 Å². The summed E-state index contributed by atoms with van der Waals surface area (Å²) in [5.74, 6) is 4.31. The molecule has 0 aliphatic heterocycles. The lowest BCUT2D eigenvalue weighted by Crippen LogP contribution is -2.19. The number of nitrogens with two attached hydrogens (primary N) is 1. The number of rotatable bonds is 3. The number of hydrogen-bond donors (Lipinski definition) is 3. The lowest BCUT2D eigenvalue weighted by molar-refractivity contribution is 0.102. The van der Waals surface area contributed by atoms with Gasteiger partial charge in [0.2, 0.25) is 0 Å². The van der Waals surface area contributed by atoms with Crippen molar-refractivity contribution < 1.29 is 9.18 Å². The standard InChI is InChI=1S/C12H9BrClFN4O/c13-6-3-8(11(19-16)17-5-6)12(20)18-10-4-7(14)1-2-9(10)15/h1-5H,16H2,(H,17,19)(H,18,20). The van der Waals surface area contributed by atoms with Gasteiger partial charge in [0, 0.05) is 15.7 Å². The minimum absolute atomic E-state index is 0.0227. The number of hydrogen-bond acceptors (Lipinski definition) is 4. The molecule has 104 valence electrons. The predicted octanol–water partition coefficient (Wildman–Crippen LogP) is 3.17. The van der Waals surface area contributed by atoms with Gasteiger partial charge >= 0.3 is 0 Å². The van der Waals surface area contributed by atoms with Crippen LogP contribution in [0.15, 0.2) is 34.9 Å². The molecule has 0 aliphatic carbocycles. The molecule has 1 aromatic heterocycles. The minimum atomic E-state index is -0.590. The van der Waals surface area contributed by atoms with Crippen molar-refractivity contribution in [2.24, 2.45) is 5.84 Å². The summed E-state index contributed by atoms with van der Waals surface area (Å²) in [6.45, 7) is 0. The molecule has 0 spiro atoms. The summed E-state index contributed by atoms with van der Waals surface area (Å²) in [6.07, 6.45) is 1.48. The van der Waals surface area contributed by atoms with E-state index in [1.54, 1.807) is 0 Å². The van der Waals surface area contributed by atoms with Gasteiger partial charge in [-0.1, -0.05) is 11.6 Å². The lowest BCUT2D eigenvalue weighted by atomic mass is 10.2. The number of amides is 1. The summed E-state index contributed by atoms with van der Waals surface area (Å²) < 4.78 is 14.2. The second-order valence-electron chi connectivity index (χ2n) is 3.77. The minimum Gasteiger partial charge on any atom is -0.319 e. The van der Waals surface area contributed by atoms with Gasteiger partial charge in [0.15, 0.2) is 5.82 Å². The fourth-order valence-corrected chi connectivity index (χ4v) is 2.01. The Balaban J connectivity index is 2.32. The van der Waals surface area contributed by atoms with Crippen molar-refractivity contribution in [3.8, 4) is 0 Å². The molecule has 4 N–H and O–H groups in total. The molecule has 0 unspecified atom stereocenters. The van der Waals surface area contributed by atoms with Gasteiger partial charge in [0.25, 0.3) is 5.91 Å². The number of aromatic nitrogens is 1. The average molecular weight is 360 g/mol. The zero-order valence-electron chi connectivity index (χ0n) is 9.95. The number of anilines is 2. The van der Waals surface area contributed by atoms with Crippen LogP contribution in [0.2, 0.25) is 5.02 Å². The fraction of sp³-hybridized carbons (Fsp3) is 0. The van der Waals surface area contributed by atoms with Crippen molar-refractivity contribution >= 4 is 44.9 Å². The van der Waals surface area contributed by atoms with Crippen LogP contribution in [0, 0.1) is 5.82 Å². The third-order valence-electron chi connectivity index (χ3n) is 2.41. The van der Waals surface area contributed by atoms with Crippen LogP contribution in [0.4, 0.5) is 15.9 Å². The molecule has 0 saturated heterocycles. The third-order valence-corrected chi connectivity index (χ3v) is 3.08. The van der Waals surface area contributed by atoms with Gasteiger partial charge in [-0.05, 0) is 40.2 Å². The Morgan fingerprint density at radius 1 is 1.40 bits per heavy atom. The first-order valence-electron chi connectivity index (χ1n) is 5.40. The third kappa shape index (κ3) is 3.24. The van der Waals surface area contributed by atoms with E-state index in [-0.39, 0.29) is 17.1 Å². The monoisotopic (exact) mass is 358 g/mol. The summed E-state index contributed by atoms with van der Waals surface area (Å²) in [5.41, 5.74) is 2.45. The van der Waals surface area contributed by atoms with E-state index in [0.717, 1.165) is 0 Å². The Labute approximate surface area is 127 Å². The van der Waals surface area contributed by atoms with Crippen LogP contribution in [0.3, 0.4) is 0 Å². The van der Waals surface area contributed by atoms with Gasteiger partial charge in [-0.15, -0.1) is 0 Å². The SMILES string of the molecule is NNc1ncc(Br)cc1C(=O)Nc1cc(Cl)ccc1F. The molecule has 1 amide bonds. The van der Waals surface area contributed by atoms with E-state index in [9.17, 15) is 9.18 Å². The normalized spacial score (nSPS) is 10.2. The highest BCUT2D eigenvalue weighted by molar-refractivity contribution is 9.10. The molecule has 5 nitrogen and oxygen atoms in total. The Hall–Kier alpha value is -1.70. The topological polar surface area (TPSA) is 80.0 Å². The van der Waals surface area contributed by atoms with Crippen molar-refractivity contribution in [3.63, 3.8) is 0 Å². The molecule has 0 fully saturated rings. The Kier molecular flexibility index (Phi) is 4.53. The lowest BCUT2D eigenvalue weighted by Gasteiger charge is -2.10. The summed E-state index contributed by atoms with van der Waals surface area (Å²) in [4.78, 5) is 16.1. The quantitative estimate of drug-likeness (QED) is 0.581. The number of nitrogen functional groups attached to an aromatic ring is 1. The van der Waals surface area contributed by atoms with Gasteiger partial charge in [0.05, 0.1) is 11.3 Å². The number of pyridine rings is 1. The maximum Gasteiger partial charge on any atom is 0.259 e. The molecule has 1 aromatic carbocycles. The summed E-state index contributed by atoms with van der Waals surface area (Å²) >= 11 is 8.96. The van der Waals surface area contributed by atoms with E-state index in [2.05, 4.69) is 31.7 Å². The molecule has 2 aromatic rings. The van der Waals surface area contributed by atoms with Crippen LogP contribution >= 0.6 is 27.5 Å². The number of nitrogens with one attached hydrogen (secondary N) is 2. The highest BCUT2D eigenvalue weighted by Crippen LogP contribution is 2.22. The van der Waals surface area contributed by atoms with E-state index in [1.807, 2.05) is 0 Å². The van der Waals surface area contributed by atoms with Gasteiger partial charge < -0.3 is 10.7 Å². The number of nitrogens with zero attached hydrogens (tertiary/aromatic N) is 1. The molecule has 20 heavy (non-hydrogen) atoms. The van der Waals surface area contributed by atoms with Crippen LogP contribution in [0.1, 0.15) is 10.4 Å². The van der Waals surface area contributed by atoms with Gasteiger partial charge in [0.1, 0.15) is 5.82 Å². The Morgan fingerprint density at radius 3 is 2.85 bits per heavy atom. The van der Waals surface area contributed by atoms with Crippen molar-refractivity contribution in [2.75, 3.05) is 10.7 Å². The maximum absolute atomic E-state index is 13.6. The molecule has 1 heterocycles. The predicted molar refractivity (Wildman–Crippen MR) is 79.1 cm³/mol. The smallest absolute Gasteiger partial charge is 0.259 e. The van der Waals surface area contributed by atoms with Gasteiger partial charge in [-0.25, -0.2) is 15.2 Å². The molecular weight excluding hydrogens is 351 g/mol. The van der Waals surface area contributed by atoms with Gasteiger partial charge in [-0.3, -0.25) is 4.79 Å². The van der Waals surface area contributed by atoms with E-state index in [4.69, 9.17) is 17.4 Å². The summed E-state index contributed by atoms with van der Waals surface area (Å²) in [7, 11) is 0. The Bertz CT molecular complexity index is 668. The van der Waals surface area contributed by atoms with Crippen molar-refractivity contribution in [2.45, 2.75) is 0 Å². The highest BCUT2D eigenvalue weighted by atomic mass is 79.9. The largest absolute Gasteiger partial charge is 0.319 e. The maximum atomic E-state index is 13.6. The average Bonchev–Trinajstić information content (AvgIpc) is 2.42. The number of benzene rings is 1. The zero-order valence-corrected chi connectivity index (χ0v) is 12.3. The molecular formula is C12H9BrClFN4O. The molecule has 0 bridgehead atoms. The van der Waals surface area contributed by atoms with Crippen LogP contribution in [-0.4, -0.2) is 10.9 Å². The summed E-state index contributed by atoms with van der Waals surface area (Å²) in [6, 6.07) is 5.38. The van der Waals surface area contributed by atoms with E-state index in [1.165, 1.54) is 30.5 Å². The molecule has 0 radical (unpaired) electrons. The van der Waals surface area contributed by atoms with Crippen molar-refractivity contribution in [1.29, 1.82) is 0 Å². The zero-order chi connectivity index (χ0) is 14.7. The molecule has 0 saturated carbocycles. The number of hydrazine groups is 1. The molecule has 0 aliphatic rings. The Morgan fingerprint density at radius 2 is 2.15 bits per heavy atom. The van der Waals surface area contributed by atoms with Crippen molar-refractivity contribution in [3.05, 3.63) is 51.3 Å². The fourth-order valence-electron chi connectivity index (χ4n) is 1.51. The van der Waals surface area contributed by atoms with E-state index < -0.39 is 11.7 Å². The highest BCUT2D eigenvalue weighted by Gasteiger charge is 2.15. The molecule has 0 atom stereocenters. The second-order valence-corrected chi connectivity index (χ2v) is 5.12. The molecule has 8 heteroatoms. The first-order chi connectivity index (χ1) is 9.51. The molecule has 2 rings (SSSR count). The van der Waals surface area contributed by atoms with Crippen LogP contribution in [0.25, 0.3) is 0 Å². The van der Waals surface area contributed by atoms with E-state index >= 15 is 0 Å². The first kappa shape index (κ1) is 14.7. The number of carbonyl (C=O) groups excluding carboxylic acids is 1. The number of halogens is 3. The van der Waals surface area contributed by atoms with Gasteiger partial charge in [-0.2, -0.15) is 0 Å². The van der Waals surface area contributed by atoms with Crippen molar-refractivity contribution in [1.82, 2.24) is 4.98 Å². The number of carbonyl (C=O) groups is 1. The second kappa shape index (κ2) is 6.17. The first-order valence-corrected chi connectivity index (χ1v) is 6.57. The van der Waals surface area contributed by atoms with E-state index in [0.29, 0.717) is 9.50 Å².